The van der Waals surface area contributed by atoms with Gasteiger partial charge >= 0.3 is 5.97 Å². The Morgan fingerprint density at radius 3 is 2.58 bits per heavy atom. The van der Waals surface area contributed by atoms with Crippen LogP contribution in [0.3, 0.4) is 0 Å². The van der Waals surface area contributed by atoms with Gasteiger partial charge in [0.2, 0.25) is 0 Å². The Kier molecular flexibility index (Phi) is 2.38. The average molecular weight is 253 g/mol. The number of fused-ring (bicyclic) bond motifs is 2. The van der Waals surface area contributed by atoms with Crippen molar-refractivity contribution in [2.45, 2.75) is 6.92 Å². The summed E-state index contributed by atoms with van der Waals surface area (Å²) in [5.74, 6) is -1.01. The molecular formula is C15H11NO3. The average Bonchev–Trinajstić information content (AvgIpc) is 2.39. The molecule has 3 aromatic rings. The molecule has 0 radical (unpaired) electrons. The lowest BCUT2D eigenvalue weighted by Gasteiger charge is -2.04. The number of nitrogens with one attached hydrogen (secondary N) is 1. The number of aromatic nitrogens is 1. The van der Waals surface area contributed by atoms with E-state index in [2.05, 4.69) is 4.98 Å². The summed E-state index contributed by atoms with van der Waals surface area (Å²) >= 11 is 0. The molecule has 0 saturated heterocycles. The molecule has 0 amide bonds. The van der Waals surface area contributed by atoms with E-state index in [-0.39, 0.29) is 11.0 Å². The van der Waals surface area contributed by atoms with E-state index in [1.807, 2.05) is 25.1 Å². The second kappa shape index (κ2) is 3.95. The zero-order chi connectivity index (χ0) is 13.6. The Morgan fingerprint density at radius 1 is 1.05 bits per heavy atom. The van der Waals surface area contributed by atoms with E-state index in [4.69, 9.17) is 5.11 Å². The van der Waals surface area contributed by atoms with Crippen molar-refractivity contribution < 1.29 is 9.90 Å². The van der Waals surface area contributed by atoms with Gasteiger partial charge in [-0.2, -0.15) is 0 Å². The van der Waals surface area contributed by atoms with Crippen LogP contribution in [-0.2, 0) is 0 Å². The molecule has 19 heavy (non-hydrogen) atoms. The number of benzene rings is 2. The maximum absolute atomic E-state index is 12.4. The third kappa shape index (κ3) is 1.78. The fourth-order valence-corrected chi connectivity index (χ4v) is 2.22. The summed E-state index contributed by atoms with van der Waals surface area (Å²) in [7, 11) is 0. The summed E-state index contributed by atoms with van der Waals surface area (Å²) in [6, 6.07) is 10.1. The minimum absolute atomic E-state index is 0.0793. The molecule has 1 aromatic heterocycles. The smallest absolute Gasteiger partial charge is 0.335 e. The first kappa shape index (κ1) is 11.5. The molecule has 0 aliphatic rings. The van der Waals surface area contributed by atoms with Gasteiger partial charge in [-0.3, -0.25) is 4.79 Å². The SMILES string of the molecule is Cc1ccc2[nH]c3cc(C(=O)O)ccc3c(=O)c2c1. The topological polar surface area (TPSA) is 70.2 Å². The zero-order valence-electron chi connectivity index (χ0n) is 10.2. The molecule has 0 saturated carbocycles. The molecule has 3 rings (SSSR count). The first-order chi connectivity index (χ1) is 9.06. The summed E-state index contributed by atoms with van der Waals surface area (Å²) in [4.78, 5) is 26.4. The van der Waals surface area contributed by atoms with Gasteiger partial charge in [-0.25, -0.2) is 4.79 Å². The van der Waals surface area contributed by atoms with E-state index in [1.54, 1.807) is 6.07 Å². The highest BCUT2D eigenvalue weighted by Crippen LogP contribution is 2.17. The summed E-state index contributed by atoms with van der Waals surface area (Å²) in [6.07, 6.45) is 0. The van der Waals surface area contributed by atoms with Gasteiger partial charge in [-0.15, -0.1) is 0 Å². The fourth-order valence-electron chi connectivity index (χ4n) is 2.22. The van der Waals surface area contributed by atoms with E-state index in [0.717, 1.165) is 5.56 Å². The van der Waals surface area contributed by atoms with Crippen LogP contribution in [0.4, 0.5) is 0 Å². The summed E-state index contributed by atoms with van der Waals surface area (Å²) in [6.45, 7) is 1.93. The quantitative estimate of drug-likeness (QED) is 0.655. The van der Waals surface area contributed by atoms with E-state index in [1.165, 1.54) is 12.1 Å². The first-order valence-corrected chi connectivity index (χ1v) is 5.86. The van der Waals surface area contributed by atoms with Crippen LogP contribution in [0.2, 0.25) is 0 Å². The number of carboxylic acid groups (broad SMARTS) is 1. The van der Waals surface area contributed by atoms with Gasteiger partial charge in [-0.1, -0.05) is 11.6 Å². The fraction of sp³-hybridized carbons (Fsp3) is 0.0667. The van der Waals surface area contributed by atoms with E-state index < -0.39 is 5.97 Å². The lowest BCUT2D eigenvalue weighted by Crippen LogP contribution is -2.06. The largest absolute Gasteiger partial charge is 0.478 e. The minimum Gasteiger partial charge on any atom is -0.478 e. The molecule has 0 aliphatic carbocycles. The summed E-state index contributed by atoms with van der Waals surface area (Å²) in [5.41, 5.74) is 2.35. The number of hydrogen-bond donors (Lipinski definition) is 2. The lowest BCUT2D eigenvalue weighted by atomic mass is 10.1. The molecule has 0 aliphatic heterocycles. The zero-order valence-corrected chi connectivity index (χ0v) is 10.2. The number of pyridine rings is 1. The number of hydrogen-bond acceptors (Lipinski definition) is 2. The number of H-pyrrole nitrogens is 1. The highest BCUT2D eigenvalue weighted by Gasteiger charge is 2.08. The molecule has 0 bridgehead atoms. The number of carbonyl (C=O) groups is 1. The Labute approximate surface area is 108 Å². The number of carboxylic acids is 1. The molecule has 94 valence electrons. The van der Waals surface area contributed by atoms with Gasteiger partial charge in [0.25, 0.3) is 0 Å². The highest BCUT2D eigenvalue weighted by molar-refractivity contribution is 5.97. The van der Waals surface area contributed by atoms with Gasteiger partial charge in [0.15, 0.2) is 5.43 Å². The van der Waals surface area contributed by atoms with E-state index in [0.29, 0.717) is 21.8 Å². The van der Waals surface area contributed by atoms with Crippen LogP contribution >= 0.6 is 0 Å². The van der Waals surface area contributed by atoms with Crippen molar-refractivity contribution in [3.8, 4) is 0 Å². The van der Waals surface area contributed by atoms with Crippen LogP contribution in [0.25, 0.3) is 21.8 Å². The Morgan fingerprint density at radius 2 is 1.84 bits per heavy atom. The molecule has 0 fully saturated rings. The monoisotopic (exact) mass is 253 g/mol. The maximum Gasteiger partial charge on any atom is 0.335 e. The molecule has 0 spiro atoms. The van der Waals surface area contributed by atoms with Crippen molar-refractivity contribution in [2.24, 2.45) is 0 Å². The lowest BCUT2D eigenvalue weighted by molar-refractivity contribution is 0.0697. The third-order valence-corrected chi connectivity index (χ3v) is 3.20. The third-order valence-electron chi connectivity index (χ3n) is 3.20. The van der Waals surface area contributed by atoms with Gasteiger partial charge in [0.05, 0.1) is 11.1 Å². The van der Waals surface area contributed by atoms with Crippen molar-refractivity contribution in [1.82, 2.24) is 4.98 Å². The maximum atomic E-state index is 12.4. The van der Waals surface area contributed by atoms with Gasteiger partial charge < -0.3 is 10.1 Å². The summed E-state index contributed by atoms with van der Waals surface area (Å²) in [5, 5.41) is 10.1. The van der Waals surface area contributed by atoms with Crippen LogP contribution in [-0.4, -0.2) is 16.1 Å². The van der Waals surface area contributed by atoms with Crippen LogP contribution in [0.15, 0.2) is 41.2 Å². The standard InChI is InChI=1S/C15H11NO3/c1-8-2-5-12-11(6-8)14(17)10-4-3-9(15(18)19)7-13(10)16-12/h2-7H,1H3,(H,16,17)(H,18,19). The predicted octanol–water partition coefficient (Wildman–Crippen LogP) is 2.69. The van der Waals surface area contributed by atoms with Crippen molar-refractivity contribution in [1.29, 1.82) is 0 Å². The first-order valence-electron chi connectivity index (χ1n) is 5.86. The number of aryl methyl sites for hydroxylation is 1. The minimum atomic E-state index is -1.01. The number of aromatic amines is 1. The molecule has 0 unspecified atom stereocenters. The highest BCUT2D eigenvalue weighted by atomic mass is 16.4. The van der Waals surface area contributed by atoms with Crippen LogP contribution in [0, 0.1) is 6.92 Å². The van der Waals surface area contributed by atoms with Crippen LogP contribution in [0.1, 0.15) is 15.9 Å². The Hall–Kier alpha value is -2.62. The van der Waals surface area contributed by atoms with Gasteiger partial charge in [0, 0.05) is 16.3 Å². The number of aromatic carboxylic acids is 1. The molecule has 2 aromatic carbocycles. The second-order valence-corrected chi connectivity index (χ2v) is 4.57. The predicted molar refractivity (Wildman–Crippen MR) is 73.8 cm³/mol. The van der Waals surface area contributed by atoms with Crippen LogP contribution in [0.5, 0.6) is 0 Å². The van der Waals surface area contributed by atoms with Crippen molar-refractivity contribution in [2.75, 3.05) is 0 Å². The molecule has 0 atom stereocenters. The summed E-state index contributed by atoms with van der Waals surface area (Å²) < 4.78 is 0. The molecule has 4 heteroatoms. The molecule has 2 N–H and O–H groups in total. The van der Waals surface area contributed by atoms with E-state index >= 15 is 0 Å². The van der Waals surface area contributed by atoms with Crippen molar-refractivity contribution >= 4 is 27.8 Å². The number of rotatable bonds is 1. The molecule has 4 nitrogen and oxygen atoms in total. The normalized spacial score (nSPS) is 11.0. The van der Waals surface area contributed by atoms with E-state index in [9.17, 15) is 9.59 Å². The van der Waals surface area contributed by atoms with Crippen LogP contribution < -0.4 is 5.43 Å². The molecule has 1 heterocycles. The van der Waals surface area contributed by atoms with Gasteiger partial charge in [-0.05, 0) is 37.3 Å². The second-order valence-electron chi connectivity index (χ2n) is 4.57. The van der Waals surface area contributed by atoms with Crippen molar-refractivity contribution in [3.63, 3.8) is 0 Å². The van der Waals surface area contributed by atoms with Gasteiger partial charge in [0.1, 0.15) is 0 Å². The molecular weight excluding hydrogens is 242 g/mol. The Bertz CT molecular complexity index is 878. The van der Waals surface area contributed by atoms with Crippen molar-refractivity contribution in [3.05, 3.63) is 57.7 Å². The Balaban J connectivity index is 2.46.